The predicted molar refractivity (Wildman–Crippen MR) is 77.9 cm³/mol. The van der Waals surface area contributed by atoms with Gasteiger partial charge in [0.05, 0.1) is 4.90 Å². The van der Waals surface area contributed by atoms with Crippen molar-refractivity contribution in [2.45, 2.75) is 18.2 Å². The fraction of sp³-hybridized carbons (Fsp3) is 0.462. The fourth-order valence-corrected chi connectivity index (χ4v) is 2.55. The number of hydrogen-bond donors (Lipinski definition) is 3. The van der Waals surface area contributed by atoms with Crippen LogP contribution in [0.3, 0.4) is 0 Å². The summed E-state index contributed by atoms with van der Waals surface area (Å²) in [6.45, 7) is 2.93. The highest BCUT2D eigenvalue weighted by Gasteiger charge is 2.12. The molecule has 6 nitrogen and oxygen atoms in total. The van der Waals surface area contributed by atoms with E-state index in [0.717, 1.165) is 5.56 Å². The highest BCUT2D eigenvalue weighted by atomic mass is 32.2. The number of hydrogen-bond acceptors (Lipinski definition) is 4. The Balaban J connectivity index is 2.37. The Morgan fingerprint density at radius 2 is 1.75 bits per heavy atom. The normalized spacial score (nSPS) is 11.3. The number of carbonyl (C=O) groups is 1. The van der Waals surface area contributed by atoms with E-state index in [1.165, 1.54) is 0 Å². The molecule has 0 radical (unpaired) electrons. The molecule has 1 rings (SSSR count). The SMILES string of the molecule is CNCCC(=O)NCCNS(=O)(=O)c1ccc(C)cc1. The summed E-state index contributed by atoms with van der Waals surface area (Å²) in [4.78, 5) is 11.5. The highest BCUT2D eigenvalue weighted by molar-refractivity contribution is 7.89. The monoisotopic (exact) mass is 299 g/mol. The van der Waals surface area contributed by atoms with Crippen LogP contribution in [0.2, 0.25) is 0 Å². The van der Waals surface area contributed by atoms with E-state index in [4.69, 9.17) is 0 Å². The van der Waals surface area contributed by atoms with Crippen LogP contribution < -0.4 is 15.4 Å². The number of aryl methyl sites for hydroxylation is 1. The Kier molecular flexibility index (Phi) is 6.63. The molecule has 0 heterocycles. The van der Waals surface area contributed by atoms with Crippen molar-refractivity contribution in [3.8, 4) is 0 Å². The van der Waals surface area contributed by atoms with Crippen LogP contribution in [-0.4, -0.2) is 41.0 Å². The quantitative estimate of drug-likeness (QED) is 0.590. The predicted octanol–water partition coefficient (Wildman–Crippen LogP) is -0.000980. The minimum absolute atomic E-state index is 0.103. The Morgan fingerprint density at radius 1 is 1.10 bits per heavy atom. The van der Waals surface area contributed by atoms with Crippen LogP contribution >= 0.6 is 0 Å². The van der Waals surface area contributed by atoms with Gasteiger partial charge in [-0.2, -0.15) is 0 Å². The van der Waals surface area contributed by atoms with Gasteiger partial charge in [-0.1, -0.05) is 17.7 Å². The van der Waals surface area contributed by atoms with Crippen LogP contribution in [0.4, 0.5) is 0 Å². The number of sulfonamides is 1. The van der Waals surface area contributed by atoms with E-state index < -0.39 is 10.0 Å². The van der Waals surface area contributed by atoms with Crippen molar-refractivity contribution in [2.75, 3.05) is 26.7 Å². The van der Waals surface area contributed by atoms with Gasteiger partial charge in [0.15, 0.2) is 0 Å². The van der Waals surface area contributed by atoms with Crippen molar-refractivity contribution in [1.29, 1.82) is 0 Å². The van der Waals surface area contributed by atoms with E-state index in [0.29, 0.717) is 13.0 Å². The zero-order valence-electron chi connectivity index (χ0n) is 11.8. The van der Waals surface area contributed by atoms with Crippen LogP contribution in [0.1, 0.15) is 12.0 Å². The molecule has 1 aromatic rings. The van der Waals surface area contributed by atoms with E-state index >= 15 is 0 Å². The van der Waals surface area contributed by atoms with Crippen LogP contribution in [0.5, 0.6) is 0 Å². The van der Waals surface area contributed by atoms with Crippen molar-refractivity contribution < 1.29 is 13.2 Å². The molecule has 20 heavy (non-hydrogen) atoms. The third kappa shape index (κ3) is 5.68. The van der Waals surface area contributed by atoms with Gasteiger partial charge in [-0.25, -0.2) is 13.1 Å². The van der Waals surface area contributed by atoms with Gasteiger partial charge in [-0.3, -0.25) is 4.79 Å². The number of amides is 1. The van der Waals surface area contributed by atoms with E-state index in [9.17, 15) is 13.2 Å². The summed E-state index contributed by atoms with van der Waals surface area (Å²) in [5, 5.41) is 5.51. The number of benzene rings is 1. The molecule has 0 bridgehead atoms. The Labute approximate surface area is 120 Å². The second-order valence-corrected chi connectivity index (χ2v) is 6.18. The highest BCUT2D eigenvalue weighted by Crippen LogP contribution is 2.09. The van der Waals surface area contributed by atoms with Gasteiger partial charge in [-0.15, -0.1) is 0 Å². The molecule has 1 amide bonds. The number of nitrogens with one attached hydrogen (secondary N) is 3. The second-order valence-electron chi connectivity index (χ2n) is 4.41. The van der Waals surface area contributed by atoms with Gasteiger partial charge in [-0.05, 0) is 26.1 Å². The maximum absolute atomic E-state index is 11.9. The van der Waals surface area contributed by atoms with Gasteiger partial charge in [0.1, 0.15) is 0 Å². The van der Waals surface area contributed by atoms with Gasteiger partial charge in [0, 0.05) is 26.1 Å². The molecule has 0 saturated heterocycles. The van der Waals surface area contributed by atoms with E-state index in [2.05, 4.69) is 15.4 Å². The summed E-state index contributed by atoms with van der Waals surface area (Å²) in [7, 11) is -1.74. The zero-order chi connectivity index (χ0) is 15.0. The maximum Gasteiger partial charge on any atom is 0.240 e. The summed E-state index contributed by atoms with van der Waals surface area (Å²) in [5.74, 6) is -0.103. The molecule has 0 fully saturated rings. The van der Waals surface area contributed by atoms with Crippen molar-refractivity contribution >= 4 is 15.9 Å². The van der Waals surface area contributed by atoms with Gasteiger partial charge in [0.25, 0.3) is 0 Å². The molecule has 0 spiro atoms. The van der Waals surface area contributed by atoms with Crippen molar-refractivity contribution in [2.24, 2.45) is 0 Å². The largest absolute Gasteiger partial charge is 0.355 e. The smallest absolute Gasteiger partial charge is 0.240 e. The molecular weight excluding hydrogens is 278 g/mol. The molecule has 0 aliphatic rings. The van der Waals surface area contributed by atoms with Crippen molar-refractivity contribution in [3.63, 3.8) is 0 Å². The first-order valence-corrected chi connectivity index (χ1v) is 7.91. The van der Waals surface area contributed by atoms with E-state index in [1.54, 1.807) is 31.3 Å². The first kappa shape index (κ1) is 16.6. The molecule has 7 heteroatoms. The molecule has 3 N–H and O–H groups in total. The summed E-state index contributed by atoms with van der Waals surface area (Å²) in [6, 6.07) is 6.61. The lowest BCUT2D eigenvalue weighted by Crippen LogP contribution is -2.35. The number of rotatable bonds is 8. The zero-order valence-corrected chi connectivity index (χ0v) is 12.6. The molecule has 0 aliphatic heterocycles. The molecule has 0 aliphatic carbocycles. The second kappa shape index (κ2) is 7.98. The standard InChI is InChI=1S/C13H21N3O3S/c1-11-3-5-12(6-4-11)20(18,19)16-10-9-15-13(17)7-8-14-2/h3-6,14,16H,7-10H2,1-2H3,(H,15,17). The van der Waals surface area contributed by atoms with Crippen LogP contribution in [0.25, 0.3) is 0 Å². The summed E-state index contributed by atoms with van der Waals surface area (Å²) in [6.07, 6.45) is 0.376. The minimum Gasteiger partial charge on any atom is -0.355 e. The lowest BCUT2D eigenvalue weighted by Gasteiger charge is -2.08. The first-order valence-electron chi connectivity index (χ1n) is 6.43. The first-order chi connectivity index (χ1) is 9.45. The van der Waals surface area contributed by atoms with Crippen molar-refractivity contribution in [3.05, 3.63) is 29.8 Å². The van der Waals surface area contributed by atoms with Gasteiger partial charge in [0.2, 0.25) is 15.9 Å². The van der Waals surface area contributed by atoms with Gasteiger partial charge < -0.3 is 10.6 Å². The third-order valence-electron chi connectivity index (χ3n) is 2.67. The molecule has 1 aromatic carbocycles. The molecule has 0 saturated carbocycles. The van der Waals surface area contributed by atoms with Crippen LogP contribution in [0.15, 0.2) is 29.2 Å². The Bertz CT molecular complexity index is 526. The molecule has 0 atom stereocenters. The lowest BCUT2D eigenvalue weighted by molar-refractivity contribution is -0.120. The summed E-state index contributed by atoms with van der Waals surface area (Å²) < 4.78 is 26.3. The van der Waals surface area contributed by atoms with Crippen LogP contribution in [-0.2, 0) is 14.8 Å². The minimum atomic E-state index is -3.51. The van der Waals surface area contributed by atoms with Gasteiger partial charge >= 0.3 is 0 Å². The third-order valence-corrected chi connectivity index (χ3v) is 4.15. The Morgan fingerprint density at radius 3 is 2.35 bits per heavy atom. The molecule has 112 valence electrons. The fourth-order valence-electron chi connectivity index (χ4n) is 1.51. The topological polar surface area (TPSA) is 87.3 Å². The molecule has 0 aromatic heterocycles. The lowest BCUT2D eigenvalue weighted by atomic mass is 10.2. The summed E-state index contributed by atoms with van der Waals surface area (Å²) >= 11 is 0. The van der Waals surface area contributed by atoms with E-state index in [-0.39, 0.29) is 23.9 Å². The average Bonchev–Trinajstić information content (AvgIpc) is 2.42. The summed E-state index contributed by atoms with van der Waals surface area (Å²) in [5.41, 5.74) is 1.00. The van der Waals surface area contributed by atoms with E-state index in [1.807, 2.05) is 6.92 Å². The van der Waals surface area contributed by atoms with Crippen molar-refractivity contribution in [1.82, 2.24) is 15.4 Å². The molecule has 0 unspecified atom stereocenters. The average molecular weight is 299 g/mol. The number of carbonyl (C=O) groups excluding carboxylic acids is 1. The molecular formula is C13H21N3O3S. The Hall–Kier alpha value is -1.44. The van der Waals surface area contributed by atoms with Crippen LogP contribution in [0, 0.1) is 6.92 Å². The maximum atomic E-state index is 11.9.